The van der Waals surface area contributed by atoms with Gasteiger partial charge in [-0.15, -0.1) is 0 Å². The number of aliphatic hydroxyl groups is 4. The third kappa shape index (κ3) is 4.89. The second-order valence-corrected chi connectivity index (χ2v) is 5.89. The van der Waals surface area contributed by atoms with Crippen LogP contribution >= 0.6 is 0 Å². The summed E-state index contributed by atoms with van der Waals surface area (Å²) in [6.45, 7) is 1.76. The van der Waals surface area contributed by atoms with Gasteiger partial charge in [-0.25, -0.2) is 4.79 Å². The molecule has 1 saturated heterocycles. The summed E-state index contributed by atoms with van der Waals surface area (Å²) in [7, 11) is 1.01. The number of esters is 2. The van der Waals surface area contributed by atoms with Crippen LogP contribution in [0.4, 0.5) is 0 Å². The number of nitrogens with one attached hydrogen (secondary N) is 1. The quantitative estimate of drug-likeness (QED) is 0.290. The van der Waals surface area contributed by atoms with E-state index in [9.17, 15) is 29.7 Å². The molecule has 0 aromatic heterocycles. The maximum atomic E-state index is 12.2. The van der Waals surface area contributed by atoms with Gasteiger partial charge in [-0.05, 0) is 0 Å². The molecule has 150 valence electrons. The van der Waals surface area contributed by atoms with Gasteiger partial charge in [0, 0.05) is 13.3 Å². The van der Waals surface area contributed by atoms with Gasteiger partial charge in [0.05, 0.1) is 32.3 Å². The molecule has 0 radical (unpaired) electrons. The van der Waals surface area contributed by atoms with Crippen LogP contribution < -0.4 is 5.32 Å². The van der Waals surface area contributed by atoms with Crippen molar-refractivity contribution in [2.24, 2.45) is 0 Å². The minimum absolute atomic E-state index is 0.111. The zero-order valence-corrected chi connectivity index (χ0v) is 14.7. The van der Waals surface area contributed by atoms with Crippen LogP contribution in [0.2, 0.25) is 0 Å². The van der Waals surface area contributed by atoms with Gasteiger partial charge >= 0.3 is 17.7 Å². The van der Waals surface area contributed by atoms with E-state index in [1.807, 2.05) is 0 Å². The number of amides is 1. The van der Waals surface area contributed by atoms with Crippen molar-refractivity contribution < 1.29 is 49.0 Å². The first-order valence-corrected chi connectivity index (χ1v) is 8.02. The Labute approximate surface area is 149 Å². The molecule has 0 unspecified atom stereocenters. The first kappa shape index (κ1) is 22.3. The Balaban J connectivity index is 3.30. The summed E-state index contributed by atoms with van der Waals surface area (Å²) in [5.41, 5.74) is 0. The summed E-state index contributed by atoms with van der Waals surface area (Å²) in [4.78, 5) is 35.3. The van der Waals surface area contributed by atoms with E-state index in [1.165, 1.54) is 6.92 Å². The molecule has 1 rings (SSSR count). The zero-order chi connectivity index (χ0) is 20.1. The molecule has 0 spiro atoms. The van der Waals surface area contributed by atoms with E-state index in [1.54, 1.807) is 0 Å². The minimum atomic E-state index is -2.38. The van der Waals surface area contributed by atoms with Gasteiger partial charge in [0.15, 0.2) is 0 Å². The van der Waals surface area contributed by atoms with Crippen LogP contribution in [-0.2, 0) is 28.6 Å². The summed E-state index contributed by atoms with van der Waals surface area (Å²) < 4.78 is 15.1. The van der Waals surface area contributed by atoms with Crippen molar-refractivity contribution in [3.8, 4) is 0 Å². The van der Waals surface area contributed by atoms with Crippen molar-refractivity contribution >= 4 is 17.8 Å². The van der Waals surface area contributed by atoms with E-state index in [4.69, 9.17) is 14.6 Å². The summed E-state index contributed by atoms with van der Waals surface area (Å²) in [5, 5.41) is 41.7. The second kappa shape index (κ2) is 9.24. The number of rotatable bonds is 7. The van der Waals surface area contributed by atoms with Gasteiger partial charge in [0.1, 0.15) is 18.3 Å². The summed E-state index contributed by atoms with van der Waals surface area (Å²) in [6, 6.07) is -1.25. The van der Waals surface area contributed by atoms with E-state index in [0.29, 0.717) is 0 Å². The largest absolute Gasteiger partial charge is 0.464 e. The summed E-state index contributed by atoms with van der Waals surface area (Å²) >= 11 is 0. The Morgan fingerprint density at radius 2 is 1.96 bits per heavy atom. The van der Waals surface area contributed by atoms with Gasteiger partial charge < -0.3 is 40.0 Å². The Morgan fingerprint density at radius 3 is 2.42 bits per heavy atom. The molecule has 1 aliphatic heterocycles. The van der Waals surface area contributed by atoms with Crippen molar-refractivity contribution in [3.63, 3.8) is 0 Å². The normalized spacial score (nSPS) is 30.8. The Morgan fingerprint density at radius 1 is 1.35 bits per heavy atom. The van der Waals surface area contributed by atoms with Crippen LogP contribution in [-0.4, -0.2) is 88.2 Å². The molecule has 26 heavy (non-hydrogen) atoms. The van der Waals surface area contributed by atoms with Crippen LogP contribution in [0.1, 0.15) is 26.7 Å². The minimum Gasteiger partial charge on any atom is -0.464 e. The third-order valence-electron chi connectivity index (χ3n) is 3.92. The third-order valence-corrected chi connectivity index (χ3v) is 3.92. The lowest BCUT2D eigenvalue weighted by molar-refractivity contribution is -0.302. The first-order valence-electron chi connectivity index (χ1n) is 8.02. The average molecular weight is 379 g/mol. The van der Waals surface area contributed by atoms with Crippen LogP contribution in [0.15, 0.2) is 0 Å². The Kier molecular flexibility index (Phi) is 7.90. The van der Waals surface area contributed by atoms with E-state index in [2.05, 4.69) is 10.1 Å². The predicted molar refractivity (Wildman–Crippen MR) is 83.3 cm³/mol. The molecule has 5 N–H and O–H groups in total. The topological polar surface area (TPSA) is 172 Å². The van der Waals surface area contributed by atoms with E-state index >= 15 is 0 Å². The summed E-state index contributed by atoms with van der Waals surface area (Å²) in [5.74, 6) is -4.94. The van der Waals surface area contributed by atoms with Crippen LogP contribution in [0.25, 0.3) is 0 Å². The predicted octanol–water partition coefficient (Wildman–Crippen LogP) is -2.82. The molecule has 0 aromatic rings. The first-order chi connectivity index (χ1) is 12.1. The smallest absolute Gasteiger partial charge is 0.379 e. The second-order valence-electron chi connectivity index (χ2n) is 5.89. The average Bonchev–Trinajstić information content (AvgIpc) is 2.61. The molecule has 6 atom stereocenters. The van der Waals surface area contributed by atoms with E-state index in [-0.39, 0.29) is 6.42 Å². The highest BCUT2D eigenvalue weighted by atomic mass is 16.8. The summed E-state index contributed by atoms with van der Waals surface area (Å²) in [6.07, 6.45) is -7.31. The molecule has 1 fully saturated rings. The van der Waals surface area contributed by atoms with Gasteiger partial charge in [-0.1, -0.05) is 6.92 Å². The lowest BCUT2D eigenvalue weighted by Gasteiger charge is -2.46. The van der Waals surface area contributed by atoms with E-state index in [0.717, 1.165) is 14.0 Å². The van der Waals surface area contributed by atoms with Gasteiger partial charge in [0.2, 0.25) is 5.91 Å². The highest BCUT2D eigenvalue weighted by Gasteiger charge is 2.57. The van der Waals surface area contributed by atoms with Crippen molar-refractivity contribution in [2.45, 2.75) is 62.9 Å². The lowest BCUT2D eigenvalue weighted by atomic mass is 9.88. The number of hydrogen-bond acceptors (Lipinski definition) is 10. The molecule has 1 heterocycles. The SMILES string of the molecule is CCC(=O)O[C@]1(C(=O)OC)C[C@H](O)[C@@H](NC(C)=O)[C@H]([C@H](O)[C@H](O)CO)O1. The molecule has 11 nitrogen and oxygen atoms in total. The molecule has 0 bridgehead atoms. The number of hydrogen-bond donors (Lipinski definition) is 5. The lowest BCUT2D eigenvalue weighted by Crippen LogP contribution is -2.68. The Bertz CT molecular complexity index is 527. The molecule has 0 aliphatic carbocycles. The standard InChI is InChI=1S/C15H25NO10/c1-4-10(21)25-15(14(23)24-3)5-8(19)11(16-7(2)18)13(26-15)12(22)9(20)6-17/h8-9,11-13,17,19-20,22H,4-6H2,1-3H3,(H,16,18)/t8-,9+,11+,12+,13+,15+/m0/s1. The number of ether oxygens (including phenoxy) is 3. The molecule has 0 aromatic carbocycles. The number of carbonyl (C=O) groups is 3. The van der Waals surface area contributed by atoms with E-state index < -0.39 is 67.1 Å². The van der Waals surface area contributed by atoms with Crippen molar-refractivity contribution in [2.75, 3.05) is 13.7 Å². The number of methoxy groups -OCH3 is 1. The molecular weight excluding hydrogens is 354 g/mol. The van der Waals surface area contributed by atoms with Gasteiger partial charge in [-0.2, -0.15) is 0 Å². The highest BCUT2D eigenvalue weighted by molar-refractivity contribution is 5.82. The fourth-order valence-corrected chi connectivity index (χ4v) is 2.64. The highest BCUT2D eigenvalue weighted by Crippen LogP contribution is 2.34. The molecule has 11 heteroatoms. The molecule has 1 aliphatic rings. The molecule has 0 saturated carbocycles. The van der Waals surface area contributed by atoms with Crippen molar-refractivity contribution in [1.29, 1.82) is 0 Å². The molecule has 1 amide bonds. The van der Waals surface area contributed by atoms with Gasteiger partial charge in [0.25, 0.3) is 0 Å². The number of aliphatic hydroxyl groups excluding tert-OH is 4. The molecular formula is C15H25NO10. The van der Waals surface area contributed by atoms with Crippen LogP contribution in [0, 0.1) is 0 Å². The van der Waals surface area contributed by atoms with Crippen LogP contribution in [0.5, 0.6) is 0 Å². The zero-order valence-electron chi connectivity index (χ0n) is 14.7. The van der Waals surface area contributed by atoms with Crippen molar-refractivity contribution in [3.05, 3.63) is 0 Å². The maximum absolute atomic E-state index is 12.2. The number of carbonyl (C=O) groups excluding carboxylic acids is 3. The van der Waals surface area contributed by atoms with Gasteiger partial charge in [-0.3, -0.25) is 9.59 Å². The maximum Gasteiger partial charge on any atom is 0.379 e. The monoisotopic (exact) mass is 379 g/mol. The Hall–Kier alpha value is -1.79. The fourth-order valence-electron chi connectivity index (χ4n) is 2.64. The van der Waals surface area contributed by atoms with Crippen LogP contribution in [0.3, 0.4) is 0 Å². The van der Waals surface area contributed by atoms with Crippen molar-refractivity contribution in [1.82, 2.24) is 5.32 Å². The fraction of sp³-hybridized carbons (Fsp3) is 0.800.